The molecule has 56 valence electrons. The van der Waals surface area contributed by atoms with E-state index in [9.17, 15) is 0 Å². The highest BCUT2D eigenvalue weighted by molar-refractivity contribution is 5.11. The van der Waals surface area contributed by atoms with Crippen LogP contribution in [0.3, 0.4) is 0 Å². The van der Waals surface area contributed by atoms with E-state index >= 15 is 0 Å². The molecule has 0 atom stereocenters. The van der Waals surface area contributed by atoms with Crippen LogP contribution >= 0.6 is 0 Å². The Morgan fingerprint density at radius 1 is 1.50 bits per heavy atom. The molecule has 0 saturated carbocycles. The molecule has 0 amide bonds. The zero-order chi connectivity index (χ0) is 7.82. The largest absolute Gasteiger partial charge is 0.397 e. The molecular weight excluding hydrogens is 130 g/mol. The first-order chi connectivity index (χ1) is 4.81. The molecule has 10 heavy (non-hydrogen) atoms. The summed E-state index contributed by atoms with van der Waals surface area (Å²) in [5.74, 6) is 0.322. The Labute approximate surface area is 59.7 Å². The lowest BCUT2D eigenvalue weighted by atomic mass is 10.7. The summed E-state index contributed by atoms with van der Waals surface area (Å²) in [4.78, 5) is 7.29. The molecule has 1 aromatic rings. The topological polar surface area (TPSA) is 72.0 Å². The molecule has 0 fully saturated rings. The molecule has 0 unspecified atom stereocenters. The summed E-state index contributed by atoms with van der Waals surface area (Å²) in [6.07, 6.45) is 3.20. The van der Waals surface area contributed by atoms with E-state index in [1.807, 2.05) is 0 Å². The van der Waals surface area contributed by atoms with Crippen molar-refractivity contribution in [3.05, 3.63) is 18.5 Å². The number of anilines is 1. The SMILES string of the molecule is CCO.Nc1ncccn1. The second-order valence-electron chi connectivity index (χ2n) is 1.42. The van der Waals surface area contributed by atoms with E-state index in [4.69, 9.17) is 10.8 Å². The van der Waals surface area contributed by atoms with Crippen molar-refractivity contribution in [3.8, 4) is 0 Å². The fourth-order valence-electron chi connectivity index (χ4n) is 0.311. The van der Waals surface area contributed by atoms with Crippen LogP contribution in [0.25, 0.3) is 0 Å². The van der Waals surface area contributed by atoms with E-state index in [1.54, 1.807) is 25.4 Å². The number of nitrogens with two attached hydrogens (primary N) is 1. The van der Waals surface area contributed by atoms with E-state index < -0.39 is 0 Å². The van der Waals surface area contributed by atoms with Crippen molar-refractivity contribution in [3.63, 3.8) is 0 Å². The number of aliphatic hydroxyl groups excluding tert-OH is 1. The monoisotopic (exact) mass is 141 g/mol. The van der Waals surface area contributed by atoms with Gasteiger partial charge in [-0.05, 0) is 13.0 Å². The number of aromatic nitrogens is 2. The number of nitrogens with zero attached hydrogens (tertiary/aromatic N) is 2. The van der Waals surface area contributed by atoms with Crippen LogP contribution < -0.4 is 5.73 Å². The first-order valence-electron chi connectivity index (χ1n) is 2.94. The minimum atomic E-state index is 0.250. The van der Waals surface area contributed by atoms with Crippen LogP contribution in [0.2, 0.25) is 0 Å². The second kappa shape index (κ2) is 5.97. The Hall–Kier alpha value is -1.16. The van der Waals surface area contributed by atoms with Crippen LogP contribution in [0.5, 0.6) is 0 Å². The van der Waals surface area contributed by atoms with Crippen LogP contribution in [0.15, 0.2) is 18.5 Å². The first-order valence-corrected chi connectivity index (χ1v) is 2.94. The Kier molecular flexibility index (Phi) is 5.28. The van der Waals surface area contributed by atoms with Crippen molar-refractivity contribution in [2.45, 2.75) is 6.92 Å². The van der Waals surface area contributed by atoms with Crippen molar-refractivity contribution in [2.75, 3.05) is 12.3 Å². The maximum atomic E-state index is 7.57. The van der Waals surface area contributed by atoms with Crippen LogP contribution in [0.4, 0.5) is 5.95 Å². The average Bonchev–Trinajstić information content (AvgIpc) is 1.91. The highest BCUT2D eigenvalue weighted by Gasteiger charge is 1.75. The van der Waals surface area contributed by atoms with E-state index in [1.165, 1.54) is 0 Å². The molecule has 4 nitrogen and oxygen atoms in total. The summed E-state index contributed by atoms with van der Waals surface area (Å²) in [7, 11) is 0. The first kappa shape index (κ1) is 8.84. The van der Waals surface area contributed by atoms with Crippen LogP contribution in [0.1, 0.15) is 6.92 Å². The molecule has 4 heteroatoms. The van der Waals surface area contributed by atoms with Gasteiger partial charge in [0.15, 0.2) is 0 Å². The summed E-state index contributed by atoms with van der Waals surface area (Å²) in [5, 5.41) is 7.57. The summed E-state index contributed by atoms with van der Waals surface area (Å²) in [6.45, 7) is 1.93. The average molecular weight is 141 g/mol. The Morgan fingerprint density at radius 2 is 1.90 bits per heavy atom. The number of rotatable bonds is 0. The molecule has 3 N–H and O–H groups in total. The Morgan fingerprint density at radius 3 is 2.10 bits per heavy atom. The lowest BCUT2D eigenvalue weighted by Gasteiger charge is -1.82. The fourth-order valence-corrected chi connectivity index (χ4v) is 0.311. The smallest absolute Gasteiger partial charge is 0.219 e. The van der Waals surface area contributed by atoms with E-state index in [0.29, 0.717) is 5.95 Å². The zero-order valence-electron chi connectivity index (χ0n) is 5.86. The van der Waals surface area contributed by atoms with Gasteiger partial charge in [0.2, 0.25) is 5.95 Å². The lowest BCUT2D eigenvalue weighted by molar-refractivity contribution is 0.318. The maximum absolute atomic E-state index is 7.57. The van der Waals surface area contributed by atoms with Crippen molar-refractivity contribution < 1.29 is 5.11 Å². The summed E-state index contributed by atoms with van der Waals surface area (Å²) < 4.78 is 0. The third-order valence-electron chi connectivity index (χ3n) is 0.586. The lowest BCUT2D eigenvalue weighted by Crippen LogP contribution is -1.90. The summed E-state index contributed by atoms with van der Waals surface area (Å²) in [5.41, 5.74) is 5.14. The van der Waals surface area contributed by atoms with Crippen molar-refractivity contribution >= 4 is 5.95 Å². The molecule has 0 spiro atoms. The predicted octanol–water partition coefficient (Wildman–Crippen LogP) is 0.0574. The summed E-state index contributed by atoms with van der Waals surface area (Å²) in [6, 6.07) is 1.72. The Balaban J connectivity index is 0.000000236. The molecule has 0 radical (unpaired) electrons. The fraction of sp³-hybridized carbons (Fsp3) is 0.333. The molecule has 1 rings (SSSR count). The molecular formula is C6H11N3O. The van der Waals surface area contributed by atoms with Crippen LogP contribution in [-0.2, 0) is 0 Å². The van der Waals surface area contributed by atoms with Crippen molar-refractivity contribution in [1.82, 2.24) is 9.97 Å². The number of hydrogen-bond donors (Lipinski definition) is 2. The third kappa shape index (κ3) is 4.99. The van der Waals surface area contributed by atoms with Crippen LogP contribution in [-0.4, -0.2) is 21.7 Å². The van der Waals surface area contributed by atoms with E-state index in [2.05, 4.69) is 9.97 Å². The molecule has 0 aliphatic rings. The van der Waals surface area contributed by atoms with Gasteiger partial charge < -0.3 is 10.8 Å². The molecule has 1 heterocycles. The van der Waals surface area contributed by atoms with Crippen molar-refractivity contribution in [1.29, 1.82) is 0 Å². The maximum Gasteiger partial charge on any atom is 0.219 e. The molecule has 0 aliphatic heterocycles. The van der Waals surface area contributed by atoms with Gasteiger partial charge in [-0.25, -0.2) is 9.97 Å². The quantitative estimate of drug-likeness (QED) is 0.535. The molecule has 0 saturated heterocycles. The molecule has 0 aliphatic carbocycles. The minimum Gasteiger partial charge on any atom is -0.397 e. The normalized spacial score (nSPS) is 7.80. The van der Waals surface area contributed by atoms with Gasteiger partial charge in [0.05, 0.1) is 0 Å². The molecule has 1 aromatic heterocycles. The predicted molar refractivity (Wildman–Crippen MR) is 39.2 cm³/mol. The van der Waals surface area contributed by atoms with Gasteiger partial charge in [0.25, 0.3) is 0 Å². The van der Waals surface area contributed by atoms with E-state index in [0.717, 1.165) is 0 Å². The number of hydrogen-bond acceptors (Lipinski definition) is 4. The van der Waals surface area contributed by atoms with Gasteiger partial charge in [0.1, 0.15) is 0 Å². The highest BCUT2D eigenvalue weighted by atomic mass is 16.2. The number of nitrogen functional groups attached to an aromatic ring is 1. The van der Waals surface area contributed by atoms with Crippen LogP contribution in [0, 0.1) is 0 Å². The Bertz CT molecular complexity index is 154. The van der Waals surface area contributed by atoms with Crippen molar-refractivity contribution in [2.24, 2.45) is 0 Å². The van der Waals surface area contributed by atoms with Gasteiger partial charge >= 0.3 is 0 Å². The van der Waals surface area contributed by atoms with Gasteiger partial charge in [-0.15, -0.1) is 0 Å². The molecule has 0 bridgehead atoms. The van der Waals surface area contributed by atoms with Gasteiger partial charge in [0, 0.05) is 19.0 Å². The minimum absolute atomic E-state index is 0.250. The van der Waals surface area contributed by atoms with E-state index in [-0.39, 0.29) is 6.61 Å². The number of aliphatic hydroxyl groups is 1. The van der Waals surface area contributed by atoms with Gasteiger partial charge in [-0.2, -0.15) is 0 Å². The van der Waals surface area contributed by atoms with Gasteiger partial charge in [-0.3, -0.25) is 0 Å². The highest BCUT2D eigenvalue weighted by Crippen LogP contribution is 1.81. The zero-order valence-corrected chi connectivity index (χ0v) is 5.86. The standard InChI is InChI=1S/C4H5N3.C2H6O/c5-4-6-2-1-3-7-4;1-2-3/h1-3H,(H2,5,6,7);3H,2H2,1H3. The molecule has 0 aromatic carbocycles. The summed E-state index contributed by atoms with van der Waals surface area (Å²) >= 11 is 0. The second-order valence-corrected chi connectivity index (χ2v) is 1.42. The third-order valence-corrected chi connectivity index (χ3v) is 0.586. The van der Waals surface area contributed by atoms with Gasteiger partial charge in [-0.1, -0.05) is 0 Å².